The van der Waals surface area contributed by atoms with Gasteiger partial charge in [0.2, 0.25) is 5.91 Å². The minimum atomic E-state index is -1.31. The molecule has 1 aromatic rings. The third-order valence-electron chi connectivity index (χ3n) is 4.56. The summed E-state index contributed by atoms with van der Waals surface area (Å²) in [5, 5.41) is 16.4. The van der Waals surface area contributed by atoms with E-state index in [1.807, 2.05) is 6.07 Å². The molecule has 1 fully saturated rings. The van der Waals surface area contributed by atoms with E-state index in [9.17, 15) is 14.9 Å². The lowest BCUT2D eigenvalue weighted by atomic mass is 9.85. The van der Waals surface area contributed by atoms with E-state index < -0.39 is 17.6 Å². The first kappa shape index (κ1) is 18.2. The standard InChI is InChI=1S/C18H26N4O2/c1-12(2)10-22-11-14(9-20-22)17(23)15(8-19)18(24)21-16-7-5-4-6-13(16)3/h9,11-13,15-16H,4-7,10H2,1-3H3,(H,21,24)/t13-,15+,16-/m1/s1. The van der Waals surface area contributed by atoms with E-state index in [1.54, 1.807) is 10.9 Å². The molecule has 1 N–H and O–H groups in total. The van der Waals surface area contributed by atoms with E-state index >= 15 is 0 Å². The second kappa shape index (κ2) is 8.09. The van der Waals surface area contributed by atoms with Crippen LogP contribution in [0.2, 0.25) is 0 Å². The zero-order chi connectivity index (χ0) is 17.7. The monoisotopic (exact) mass is 330 g/mol. The molecule has 1 heterocycles. The summed E-state index contributed by atoms with van der Waals surface area (Å²) in [6, 6.07) is 1.91. The number of aromatic nitrogens is 2. The molecule has 24 heavy (non-hydrogen) atoms. The summed E-state index contributed by atoms with van der Waals surface area (Å²) in [5.41, 5.74) is 0.314. The van der Waals surface area contributed by atoms with Crippen molar-refractivity contribution < 1.29 is 9.59 Å². The number of hydrogen-bond donors (Lipinski definition) is 1. The third kappa shape index (κ3) is 4.44. The molecule has 0 spiro atoms. The van der Waals surface area contributed by atoms with E-state index in [-0.39, 0.29) is 6.04 Å². The molecule has 1 saturated carbocycles. The van der Waals surface area contributed by atoms with Crippen LogP contribution in [0, 0.1) is 29.1 Å². The fourth-order valence-electron chi connectivity index (χ4n) is 3.16. The Morgan fingerprint density at radius 2 is 2.12 bits per heavy atom. The van der Waals surface area contributed by atoms with Crippen molar-refractivity contribution >= 4 is 11.7 Å². The lowest BCUT2D eigenvalue weighted by Crippen LogP contribution is -2.45. The minimum absolute atomic E-state index is 0.0542. The van der Waals surface area contributed by atoms with Gasteiger partial charge in [-0.15, -0.1) is 0 Å². The molecule has 1 aliphatic rings. The van der Waals surface area contributed by atoms with Crippen LogP contribution >= 0.6 is 0 Å². The summed E-state index contributed by atoms with van der Waals surface area (Å²) in [6.45, 7) is 6.90. The number of hydrogen-bond acceptors (Lipinski definition) is 4. The third-order valence-corrected chi connectivity index (χ3v) is 4.56. The van der Waals surface area contributed by atoms with Gasteiger partial charge in [-0.05, 0) is 24.7 Å². The van der Waals surface area contributed by atoms with Gasteiger partial charge in [-0.25, -0.2) is 0 Å². The van der Waals surface area contributed by atoms with Gasteiger partial charge in [0.15, 0.2) is 11.7 Å². The fraction of sp³-hybridized carbons (Fsp3) is 0.667. The van der Waals surface area contributed by atoms with Crippen LogP contribution in [-0.2, 0) is 11.3 Å². The molecule has 0 aromatic carbocycles. The summed E-state index contributed by atoms with van der Waals surface area (Å²) in [4.78, 5) is 24.9. The van der Waals surface area contributed by atoms with Crippen molar-refractivity contribution in [3.63, 3.8) is 0 Å². The molecule has 3 atom stereocenters. The SMILES string of the molecule is CC(C)Cn1cc(C(=O)[C@H](C#N)C(=O)N[C@@H]2CCCC[C@H]2C)cn1. The zero-order valence-corrected chi connectivity index (χ0v) is 14.7. The summed E-state index contributed by atoms with van der Waals surface area (Å²) in [5.74, 6) is -1.50. The van der Waals surface area contributed by atoms with E-state index in [1.165, 1.54) is 12.6 Å². The Labute approximate surface area is 143 Å². The predicted molar refractivity (Wildman–Crippen MR) is 90.1 cm³/mol. The second-order valence-electron chi connectivity index (χ2n) is 7.15. The molecular formula is C18H26N4O2. The molecule has 1 aliphatic carbocycles. The molecule has 1 amide bonds. The minimum Gasteiger partial charge on any atom is -0.352 e. The topological polar surface area (TPSA) is 87.8 Å². The maximum Gasteiger partial charge on any atom is 0.245 e. The van der Waals surface area contributed by atoms with Gasteiger partial charge < -0.3 is 5.32 Å². The van der Waals surface area contributed by atoms with Gasteiger partial charge in [0.05, 0.1) is 17.8 Å². The highest BCUT2D eigenvalue weighted by Crippen LogP contribution is 2.24. The number of carbonyl (C=O) groups excluding carboxylic acids is 2. The molecule has 0 bridgehead atoms. The Morgan fingerprint density at radius 3 is 2.75 bits per heavy atom. The second-order valence-corrected chi connectivity index (χ2v) is 7.15. The average molecular weight is 330 g/mol. The molecule has 0 aliphatic heterocycles. The van der Waals surface area contributed by atoms with Crippen molar-refractivity contribution in [1.82, 2.24) is 15.1 Å². The van der Waals surface area contributed by atoms with Crippen molar-refractivity contribution in [2.75, 3.05) is 0 Å². The van der Waals surface area contributed by atoms with Crippen LogP contribution in [0.25, 0.3) is 0 Å². The molecule has 0 saturated heterocycles. The Hall–Kier alpha value is -2.16. The maximum atomic E-state index is 12.5. The normalized spacial score (nSPS) is 22.0. The highest BCUT2D eigenvalue weighted by Gasteiger charge is 2.32. The number of amides is 1. The van der Waals surface area contributed by atoms with Gasteiger partial charge >= 0.3 is 0 Å². The maximum absolute atomic E-state index is 12.5. The smallest absolute Gasteiger partial charge is 0.245 e. The largest absolute Gasteiger partial charge is 0.352 e. The molecule has 130 valence electrons. The molecule has 0 unspecified atom stereocenters. The van der Waals surface area contributed by atoms with E-state index in [0.717, 1.165) is 19.3 Å². The average Bonchev–Trinajstić information content (AvgIpc) is 2.98. The molecule has 6 nitrogen and oxygen atoms in total. The highest BCUT2D eigenvalue weighted by atomic mass is 16.2. The number of nitriles is 1. The predicted octanol–water partition coefficient (Wildman–Crippen LogP) is 2.56. The number of nitrogens with one attached hydrogen (secondary N) is 1. The van der Waals surface area contributed by atoms with Crippen LogP contribution in [0.1, 0.15) is 56.8 Å². The molecular weight excluding hydrogens is 304 g/mol. The van der Waals surface area contributed by atoms with E-state index in [4.69, 9.17) is 0 Å². The van der Waals surface area contributed by atoms with E-state index in [2.05, 4.69) is 31.2 Å². The zero-order valence-electron chi connectivity index (χ0n) is 14.7. The summed E-state index contributed by atoms with van der Waals surface area (Å²) < 4.78 is 1.67. The Balaban J connectivity index is 2.04. The van der Waals surface area contributed by atoms with Gasteiger partial charge in [-0.3, -0.25) is 14.3 Å². The van der Waals surface area contributed by atoms with E-state index in [0.29, 0.717) is 23.9 Å². The van der Waals surface area contributed by atoms with Crippen molar-refractivity contribution in [2.24, 2.45) is 17.8 Å². The van der Waals surface area contributed by atoms with Crippen molar-refractivity contribution in [1.29, 1.82) is 5.26 Å². The van der Waals surface area contributed by atoms with Gasteiger partial charge in [-0.2, -0.15) is 10.4 Å². The van der Waals surface area contributed by atoms with Crippen LogP contribution in [0.4, 0.5) is 0 Å². The molecule has 0 radical (unpaired) electrons. The number of nitrogens with zero attached hydrogens (tertiary/aromatic N) is 3. The van der Waals surface area contributed by atoms with Crippen molar-refractivity contribution in [3.8, 4) is 6.07 Å². The number of rotatable bonds is 6. The Kier molecular flexibility index (Phi) is 6.13. The van der Waals surface area contributed by atoms with Crippen LogP contribution < -0.4 is 5.32 Å². The number of ketones is 1. The number of Topliss-reactive ketones (excluding diaryl/α,β-unsaturated/α-hetero) is 1. The first-order chi connectivity index (χ1) is 11.4. The Bertz CT molecular complexity index is 629. The van der Waals surface area contributed by atoms with Crippen LogP contribution in [0.15, 0.2) is 12.4 Å². The quantitative estimate of drug-likeness (QED) is 0.641. The van der Waals surface area contributed by atoms with Crippen LogP contribution in [-0.4, -0.2) is 27.5 Å². The lowest BCUT2D eigenvalue weighted by Gasteiger charge is -2.29. The summed E-state index contributed by atoms with van der Waals surface area (Å²) in [7, 11) is 0. The first-order valence-electron chi connectivity index (χ1n) is 8.69. The fourth-order valence-corrected chi connectivity index (χ4v) is 3.16. The van der Waals surface area contributed by atoms with Crippen LogP contribution in [0.5, 0.6) is 0 Å². The molecule has 2 rings (SSSR count). The summed E-state index contributed by atoms with van der Waals surface area (Å²) in [6.07, 6.45) is 7.27. The lowest BCUT2D eigenvalue weighted by molar-refractivity contribution is -0.123. The molecule has 6 heteroatoms. The molecule has 1 aromatic heterocycles. The summed E-state index contributed by atoms with van der Waals surface area (Å²) >= 11 is 0. The van der Waals surface area contributed by atoms with Crippen molar-refractivity contribution in [2.45, 2.75) is 59.0 Å². The first-order valence-corrected chi connectivity index (χ1v) is 8.69. The van der Waals surface area contributed by atoms with Gasteiger partial charge in [0.1, 0.15) is 0 Å². The van der Waals surface area contributed by atoms with Gasteiger partial charge in [0, 0.05) is 18.8 Å². The number of carbonyl (C=O) groups is 2. The van der Waals surface area contributed by atoms with Crippen LogP contribution in [0.3, 0.4) is 0 Å². The highest BCUT2D eigenvalue weighted by molar-refractivity contribution is 6.11. The van der Waals surface area contributed by atoms with Crippen molar-refractivity contribution in [3.05, 3.63) is 18.0 Å². The van der Waals surface area contributed by atoms with Gasteiger partial charge in [-0.1, -0.05) is 33.6 Å². The van der Waals surface area contributed by atoms with Gasteiger partial charge in [0.25, 0.3) is 0 Å². The Morgan fingerprint density at radius 1 is 1.42 bits per heavy atom.